The van der Waals surface area contributed by atoms with Gasteiger partial charge in [-0.1, -0.05) is 6.92 Å². The zero-order valence-corrected chi connectivity index (χ0v) is 11.8. The second-order valence-corrected chi connectivity index (χ2v) is 5.03. The molecule has 4 nitrogen and oxygen atoms in total. The van der Waals surface area contributed by atoms with Crippen molar-refractivity contribution < 1.29 is 4.74 Å². The van der Waals surface area contributed by atoms with Gasteiger partial charge in [-0.2, -0.15) is 0 Å². The van der Waals surface area contributed by atoms with Crippen LogP contribution in [-0.4, -0.2) is 23.1 Å². The number of aryl methyl sites for hydroxylation is 1. The van der Waals surface area contributed by atoms with Crippen molar-refractivity contribution >= 4 is 5.82 Å². The molecule has 1 unspecified atom stereocenters. The smallest absolute Gasteiger partial charge is 0.162 e. The average Bonchev–Trinajstić information content (AvgIpc) is 2.80. The highest BCUT2D eigenvalue weighted by Crippen LogP contribution is 2.34. The maximum atomic E-state index is 5.85. The SMILES string of the molecule is CCNc1nc(C2(C)CCCO2)nc(CC)c1C. The standard InChI is InChI=1S/C14H23N3O/c1-5-11-10(3)12(15-6-2)17-13(16-11)14(4)8-7-9-18-14/h5-9H2,1-4H3,(H,15,16,17). The maximum Gasteiger partial charge on any atom is 0.162 e. The fourth-order valence-electron chi connectivity index (χ4n) is 2.44. The first-order valence-corrected chi connectivity index (χ1v) is 6.86. The van der Waals surface area contributed by atoms with Gasteiger partial charge < -0.3 is 10.1 Å². The minimum absolute atomic E-state index is 0.304. The van der Waals surface area contributed by atoms with Gasteiger partial charge in [0.25, 0.3) is 0 Å². The van der Waals surface area contributed by atoms with Crippen molar-refractivity contribution in [1.82, 2.24) is 9.97 Å². The number of hydrogen-bond donors (Lipinski definition) is 1. The molecular weight excluding hydrogens is 226 g/mol. The van der Waals surface area contributed by atoms with Crippen LogP contribution in [0.3, 0.4) is 0 Å². The predicted octanol–water partition coefficient (Wildman–Crippen LogP) is 2.80. The highest BCUT2D eigenvalue weighted by atomic mass is 16.5. The molecule has 0 spiro atoms. The monoisotopic (exact) mass is 249 g/mol. The number of nitrogens with zero attached hydrogens (tertiary/aromatic N) is 2. The van der Waals surface area contributed by atoms with Crippen molar-refractivity contribution in [3.05, 3.63) is 17.1 Å². The lowest BCUT2D eigenvalue weighted by Crippen LogP contribution is -2.25. The third-order valence-electron chi connectivity index (χ3n) is 3.62. The second-order valence-electron chi connectivity index (χ2n) is 5.03. The van der Waals surface area contributed by atoms with Gasteiger partial charge in [-0.3, -0.25) is 0 Å². The molecule has 1 aromatic heterocycles. The molecule has 18 heavy (non-hydrogen) atoms. The number of rotatable bonds is 4. The van der Waals surface area contributed by atoms with Gasteiger partial charge in [0.15, 0.2) is 5.82 Å². The summed E-state index contributed by atoms with van der Waals surface area (Å²) in [4.78, 5) is 9.39. The molecular formula is C14H23N3O. The number of anilines is 1. The molecule has 1 N–H and O–H groups in total. The Labute approximate surface area is 109 Å². The summed E-state index contributed by atoms with van der Waals surface area (Å²) in [5.74, 6) is 1.79. The average molecular weight is 249 g/mol. The van der Waals surface area contributed by atoms with E-state index in [0.717, 1.165) is 55.3 Å². The summed E-state index contributed by atoms with van der Waals surface area (Å²) < 4.78 is 5.85. The molecule has 100 valence electrons. The molecule has 2 rings (SSSR count). The Morgan fingerprint density at radius 1 is 1.33 bits per heavy atom. The molecule has 4 heteroatoms. The zero-order chi connectivity index (χ0) is 13.2. The third kappa shape index (κ3) is 2.34. The molecule has 0 saturated carbocycles. The molecule has 0 aromatic carbocycles. The lowest BCUT2D eigenvalue weighted by Gasteiger charge is -2.23. The molecule has 2 heterocycles. The molecule has 1 aliphatic rings. The normalized spacial score (nSPS) is 23.3. The van der Waals surface area contributed by atoms with Crippen LogP contribution in [0.1, 0.15) is 50.7 Å². The Hall–Kier alpha value is -1.16. The zero-order valence-electron chi connectivity index (χ0n) is 11.8. The number of aromatic nitrogens is 2. The summed E-state index contributed by atoms with van der Waals surface area (Å²) in [5.41, 5.74) is 1.97. The Bertz CT molecular complexity index is 425. The van der Waals surface area contributed by atoms with E-state index < -0.39 is 0 Å². The molecule has 1 saturated heterocycles. The van der Waals surface area contributed by atoms with E-state index in [4.69, 9.17) is 9.72 Å². The van der Waals surface area contributed by atoms with Gasteiger partial charge >= 0.3 is 0 Å². The largest absolute Gasteiger partial charge is 0.370 e. The summed E-state index contributed by atoms with van der Waals surface area (Å²) in [5, 5.41) is 3.32. The van der Waals surface area contributed by atoms with Crippen molar-refractivity contribution in [3.8, 4) is 0 Å². The lowest BCUT2D eigenvalue weighted by atomic mass is 10.0. The number of nitrogens with one attached hydrogen (secondary N) is 1. The van der Waals surface area contributed by atoms with Crippen molar-refractivity contribution in [1.29, 1.82) is 0 Å². The minimum atomic E-state index is -0.304. The summed E-state index contributed by atoms with van der Waals surface area (Å²) in [6.45, 7) is 10.1. The lowest BCUT2D eigenvalue weighted by molar-refractivity contribution is 0.00925. The van der Waals surface area contributed by atoms with E-state index in [9.17, 15) is 0 Å². The van der Waals surface area contributed by atoms with E-state index in [1.54, 1.807) is 0 Å². The van der Waals surface area contributed by atoms with E-state index in [-0.39, 0.29) is 5.60 Å². The summed E-state index contributed by atoms with van der Waals surface area (Å²) >= 11 is 0. The first-order chi connectivity index (χ1) is 8.60. The summed E-state index contributed by atoms with van der Waals surface area (Å²) in [6, 6.07) is 0. The minimum Gasteiger partial charge on any atom is -0.370 e. The van der Waals surface area contributed by atoms with E-state index in [1.165, 1.54) is 0 Å². The van der Waals surface area contributed by atoms with Crippen LogP contribution in [0, 0.1) is 6.92 Å². The van der Waals surface area contributed by atoms with Gasteiger partial charge in [-0.25, -0.2) is 9.97 Å². The highest BCUT2D eigenvalue weighted by Gasteiger charge is 2.35. The molecule has 0 radical (unpaired) electrons. The number of ether oxygens (including phenoxy) is 1. The first kappa shape index (κ1) is 13.3. The van der Waals surface area contributed by atoms with Crippen LogP contribution in [0.2, 0.25) is 0 Å². The predicted molar refractivity (Wildman–Crippen MR) is 72.8 cm³/mol. The van der Waals surface area contributed by atoms with Crippen molar-refractivity contribution in [3.63, 3.8) is 0 Å². The van der Waals surface area contributed by atoms with E-state index in [2.05, 4.69) is 38.0 Å². The Kier molecular flexibility index (Phi) is 3.85. The van der Waals surface area contributed by atoms with Crippen LogP contribution in [0.4, 0.5) is 5.82 Å². The summed E-state index contributed by atoms with van der Waals surface area (Å²) in [6.07, 6.45) is 3.02. The van der Waals surface area contributed by atoms with Gasteiger partial charge in [0, 0.05) is 24.4 Å². The van der Waals surface area contributed by atoms with Gasteiger partial charge in [0.05, 0.1) is 0 Å². The molecule has 0 aliphatic carbocycles. The van der Waals surface area contributed by atoms with Gasteiger partial charge in [0.2, 0.25) is 0 Å². The second kappa shape index (κ2) is 5.22. The first-order valence-electron chi connectivity index (χ1n) is 6.86. The van der Waals surface area contributed by atoms with E-state index >= 15 is 0 Å². The van der Waals surface area contributed by atoms with Gasteiger partial charge in [-0.15, -0.1) is 0 Å². The van der Waals surface area contributed by atoms with Crippen molar-refractivity contribution in [2.45, 2.75) is 52.6 Å². The molecule has 0 bridgehead atoms. The van der Waals surface area contributed by atoms with Crippen molar-refractivity contribution in [2.75, 3.05) is 18.5 Å². The molecule has 1 fully saturated rings. The molecule has 1 atom stereocenters. The maximum absolute atomic E-state index is 5.85. The summed E-state index contributed by atoms with van der Waals surface area (Å²) in [7, 11) is 0. The Morgan fingerprint density at radius 2 is 2.11 bits per heavy atom. The van der Waals surface area contributed by atoms with E-state index in [0.29, 0.717) is 0 Å². The van der Waals surface area contributed by atoms with Gasteiger partial charge in [-0.05, 0) is 40.0 Å². The van der Waals surface area contributed by atoms with Crippen LogP contribution in [0.5, 0.6) is 0 Å². The van der Waals surface area contributed by atoms with Gasteiger partial charge in [0.1, 0.15) is 11.4 Å². The van der Waals surface area contributed by atoms with Crippen LogP contribution in [0.15, 0.2) is 0 Å². The van der Waals surface area contributed by atoms with E-state index in [1.807, 2.05) is 0 Å². The molecule has 1 aromatic rings. The molecule has 0 amide bonds. The van der Waals surface area contributed by atoms with Crippen LogP contribution in [-0.2, 0) is 16.8 Å². The number of hydrogen-bond acceptors (Lipinski definition) is 4. The molecule has 1 aliphatic heterocycles. The Morgan fingerprint density at radius 3 is 2.67 bits per heavy atom. The fourth-order valence-corrected chi connectivity index (χ4v) is 2.44. The van der Waals surface area contributed by atoms with Crippen LogP contribution < -0.4 is 5.32 Å². The Balaban J connectivity index is 2.44. The fraction of sp³-hybridized carbons (Fsp3) is 0.714. The van der Waals surface area contributed by atoms with Crippen LogP contribution >= 0.6 is 0 Å². The van der Waals surface area contributed by atoms with Crippen molar-refractivity contribution in [2.24, 2.45) is 0 Å². The topological polar surface area (TPSA) is 47.0 Å². The highest BCUT2D eigenvalue weighted by molar-refractivity contribution is 5.46. The third-order valence-corrected chi connectivity index (χ3v) is 3.62. The van der Waals surface area contributed by atoms with Crippen LogP contribution in [0.25, 0.3) is 0 Å². The quantitative estimate of drug-likeness (QED) is 0.891.